The van der Waals surface area contributed by atoms with Gasteiger partial charge in [0.15, 0.2) is 0 Å². The molecule has 0 unspecified atom stereocenters. The summed E-state index contributed by atoms with van der Waals surface area (Å²) in [4.78, 5) is 0. The van der Waals surface area contributed by atoms with E-state index in [4.69, 9.17) is 4.74 Å². The number of methoxy groups -OCH3 is 1. The zero-order valence-electron chi connectivity index (χ0n) is 12.3. The molecule has 1 aliphatic rings. The maximum Gasteiger partial charge on any atom is 0.214 e. The summed E-state index contributed by atoms with van der Waals surface area (Å²) in [7, 11) is -1.34. The van der Waals surface area contributed by atoms with E-state index in [1.165, 1.54) is 11.1 Å². The molecule has 1 saturated heterocycles. The van der Waals surface area contributed by atoms with Crippen LogP contribution < -0.4 is 4.74 Å². The Hall–Kier alpha value is -1.07. The van der Waals surface area contributed by atoms with Gasteiger partial charge in [-0.05, 0) is 42.9 Å². The fourth-order valence-corrected chi connectivity index (χ4v) is 4.21. The minimum absolute atomic E-state index is 0.301. The molecule has 1 fully saturated rings. The smallest absolute Gasteiger partial charge is 0.214 e. The maximum atomic E-state index is 11.9. The number of ether oxygens (including phenoxy) is 1. The number of sulfonamides is 1. The van der Waals surface area contributed by atoms with E-state index in [0.717, 1.165) is 31.4 Å². The van der Waals surface area contributed by atoms with Crippen LogP contribution >= 0.6 is 0 Å². The van der Waals surface area contributed by atoms with E-state index in [2.05, 4.69) is 13.0 Å². The van der Waals surface area contributed by atoms with Gasteiger partial charge in [0.05, 0.1) is 12.9 Å². The standard InChI is InChI=1S/C15H23NO3S/c1-3-14-12-13(6-7-15(14)19-2)8-10-16-9-4-5-11-20(16,17)18/h6-7,12H,3-5,8-11H2,1-2H3. The normalized spacial score (nSPS) is 18.9. The first-order valence-corrected chi connectivity index (χ1v) is 8.81. The first-order chi connectivity index (χ1) is 9.56. The Bertz CT molecular complexity index is 554. The van der Waals surface area contributed by atoms with Crippen LogP contribution in [0.2, 0.25) is 0 Å². The van der Waals surface area contributed by atoms with Crippen molar-refractivity contribution in [1.82, 2.24) is 4.31 Å². The summed E-state index contributed by atoms with van der Waals surface area (Å²) < 4.78 is 30.8. The SMILES string of the molecule is CCc1cc(CCN2CCCCS2(=O)=O)ccc1OC. The third kappa shape index (κ3) is 3.52. The van der Waals surface area contributed by atoms with Gasteiger partial charge in [-0.25, -0.2) is 12.7 Å². The summed E-state index contributed by atoms with van der Waals surface area (Å²) >= 11 is 0. The molecule has 0 N–H and O–H groups in total. The molecule has 0 bridgehead atoms. The second-order valence-corrected chi connectivity index (χ2v) is 7.26. The van der Waals surface area contributed by atoms with Crippen LogP contribution in [0.25, 0.3) is 0 Å². The van der Waals surface area contributed by atoms with E-state index in [1.54, 1.807) is 11.4 Å². The second kappa shape index (κ2) is 6.59. The summed E-state index contributed by atoms with van der Waals surface area (Å²) in [5.74, 6) is 1.21. The number of aryl methyl sites for hydroxylation is 1. The molecule has 0 aromatic heterocycles. The number of rotatable bonds is 5. The fraction of sp³-hybridized carbons (Fsp3) is 0.600. The van der Waals surface area contributed by atoms with E-state index in [9.17, 15) is 8.42 Å². The van der Waals surface area contributed by atoms with Crippen molar-refractivity contribution in [3.8, 4) is 5.75 Å². The van der Waals surface area contributed by atoms with Crippen molar-refractivity contribution >= 4 is 10.0 Å². The summed E-state index contributed by atoms with van der Waals surface area (Å²) in [5.41, 5.74) is 2.34. The van der Waals surface area contributed by atoms with Gasteiger partial charge in [-0.15, -0.1) is 0 Å². The number of hydrogen-bond acceptors (Lipinski definition) is 3. The van der Waals surface area contributed by atoms with Gasteiger partial charge in [0.25, 0.3) is 0 Å². The highest BCUT2D eigenvalue weighted by molar-refractivity contribution is 7.89. The molecule has 0 aliphatic carbocycles. The summed E-state index contributed by atoms with van der Waals surface area (Å²) in [6, 6.07) is 6.11. The quantitative estimate of drug-likeness (QED) is 0.837. The monoisotopic (exact) mass is 297 g/mol. The average Bonchev–Trinajstić information content (AvgIpc) is 2.45. The minimum Gasteiger partial charge on any atom is -0.496 e. The third-order valence-electron chi connectivity index (χ3n) is 3.83. The molecule has 112 valence electrons. The summed E-state index contributed by atoms with van der Waals surface area (Å²) in [6.07, 6.45) is 3.44. The Morgan fingerprint density at radius 3 is 2.75 bits per heavy atom. The molecule has 1 aliphatic heterocycles. The van der Waals surface area contributed by atoms with Crippen LogP contribution in [0, 0.1) is 0 Å². The molecule has 0 atom stereocenters. The molecule has 5 heteroatoms. The summed E-state index contributed by atoms with van der Waals surface area (Å²) in [6.45, 7) is 3.34. The zero-order valence-corrected chi connectivity index (χ0v) is 13.1. The third-order valence-corrected chi connectivity index (χ3v) is 5.79. The molecule has 0 saturated carbocycles. The van der Waals surface area contributed by atoms with Crippen molar-refractivity contribution < 1.29 is 13.2 Å². The van der Waals surface area contributed by atoms with Gasteiger partial charge in [-0.1, -0.05) is 19.1 Å². The van der Waals surface area contributed by atoms with Crippen molar-refractivity contribution in [2.24, 2.45) is 0 Å². The van der Waals surface area contributed by atoms with Gasteiger partial charge in [-0.2, -0.15) is 0 Å². The molecule has 0 amide bonds. The van der Waals surface area contributed by atoms with E-state index < -0.39 is 10.0 Å². The Labute approximate surface area is 121 Å². The van der Waals surface area contributed by atoms with Gasteiger partial charge < -0.3 is 4.74 Å². The highest BCUT2D eigenvalue weighted by atomic mass is 32.2. The number of benzene rings is 1. The van der Waals surface area contributed by atoms with Crippen molar-refractivity contribution in [1.29, 1.82) is 0 Å². The molecule has 1 heterocycles. The Balaban J connectivity index is 2.03. The zero-order chi connectivity index (χ0) is 14.6. The van der Waals surface area contributed by atoms with Crippen LogP contribution in [0.1, 0.15) is 30.9 Å². The molecular weight excluding hydrogens is 274 g/mol. The van der Waals surface area contributed by atoms with Crippen LogP contribution in [0.4, 0.5) is 0 Å². The lowest BCUT2D eigenvalue weighted by atomic mass is 10.1. The van der Waals surface area contributed by atoms with Crippen LogP contribution in [-0.2, 0) is 22.9 Å². The predicted molar refractivity (Wildman–Crippen MR) is 80.7 cm³/mol. The lowest BCUT2D eigenvalue weighted by Crippen LogP contribution is -2.39. The lowest BCUT2D eigenvalue weighted by molar-refractivity contribution is 0.386. The van der Waals surface area contributed by atoms with Crippen molar-refractivity contribution in [3.63, 3.8) is 0 Å². The molecule has 1 aromatic carbocycles. The number of nitrogens with zero attached hydrogens (tertiary/aromatic N) is 1. The summed E-state index contributed by atoms with van der Waals surface area (Å²) in [5, 5.41) is 0. The largest absolute Gasteiger partial charge is 0.496 e. The highest BCUT2D eigenvalue weighted by Gasteiger charge is 2.25. The van der Waals surface area contributed by atoms with E-state index in [0.29, 0.717) is 18.8 Å². The second-order valence-electron chi connectivity index (χ2n) is 5.17. The van der Waals surface area contributed by atoms with Crippen molar-refractivity contribution in [2.75, 3.05) is 26.0 Å². The lowest BCUT2D eigenvalue weighted by Gasteiger charge is -2.26. The average molecular weight is 297 g/mol. The molecule has 0 spiro atoms. The van der Waals surface area contributed by atoms with Gasteiger partial charge in [0.2, 0.25) is 10.0 Å². The Kier molecular flexibility index (Phi) is 5.05. The van der Waals surface area contributed by atoms with E-state index in [-0.39, 0.29) is 0 Å². The van der Waals surface area contributed by atoms with Crippen molar-refractivity contribution in [2.45, 2.75) is 32.6 Å². The van der Waals surface area contributed by atoms with E-state index in [1.807, 2.05) is 12.1 Å². The van der Waals surface area contributed by atoms with Gasteiger partial charge in [-0.3, -0.25) is 0 Å². The molecule has 0 radical (unpaired) electrons. The highest BCUT2D eigenvalue weighted by Crippen LogP contribution is 2.21. The molecule has 4 nitrogen and oxygen atoms in total. The predicted octanol–water partition coefficient (Wildman–Crippen LogP) is 2.23. The van der Waals surface area contributed by atoms with Gasteiger partial charge in [0.1, 0.15) is 5.75 Å². The maximum absolute atomic E-state index is 11.9. The van der Waals surface area contributed by atoms with Crippen LogP contribution in [0.3, 0.4) is 0 Å². The van der Waals surface area contributed by atoms with Crippen LogP contribution in [0.15, 0.2) is 18.2 Å². The van der Waals surface area contributed by atoms with Gasteiger partial charge >= 0.3 is 0 Å². The first kappa shape index (κ1) is 15.3. The first-order valence-electron chi connectivity index (χ1n) is 7.20. The van der Waals surface area contributed by atoms with Crippen LogP contribution in [-0.4, -0.2) is 38.7 Å². The Morgan fingerprint density at radius 1 is 1.30 bits per heavy atom. The molecule has 2 rings (SSSR count). The van der Waals surface area contributed by atoms with Crippen molar-refractivity contribution in [3.05, 3.63) is 29.3 Å². The topological polar surface area (TPSA) is 46.6 Å². The minimum atomic E-state index is -3.01. The molecule has 1 aromatic rings. The van der Waals surface area contributed by atoms with Gasteiger partial charge in [0, 0.05) is 13.1 Å². The van der Waals surface area contributed by atoms with E-state index >= 15 is 0 Å². The number of hydrogen-bond donors (Lipinski definition) is 0. The molecule has 20 heavy (non-hydrogen) atoms. The fourth-order valence-electron chi connectivity index (χ4n) is 2.61. The Morgan fingerprint density at radius 2 is 2.10 bits per heavy atom. The molecular formula is C15H23NO3S. The van der Waals surface area contributed by atoms with Crippen LogP contribution in [0.5, 0.6) is 5.75 Å².